The van der Waals surface area contributed by atoms with E-state index in [0.29, 0.717) is 10.0 Å². The molecule has 2 aromatic rings. The van der Waals surface area contributed by atoms with E-state index in [1.54, 1.807) is 12.1 Å². The standard InChI is InChI=1S/C16H14BrFN2O4/c1-19(9-11-7-12(17)4-5-13(11)18)16(21)10-3-6-15(24-2)14(8-10)20(22)23/h3-8H,9H2,1-2H3. The molecule has 0 atom stereocenters. The number of nitro groups is 1. The molecule has 0 spiro atoms. The van der Waals surface area contributed by atoms with Crippen LogP contribution >= 0.6 is 15.9 Å². The first-order valence-corrected chi connectivity index (χ1v) is 7.64. The minimum Gasteiger partial charge on any atom is -0.490 e. The van der Waals surface area contributed by atoms with Gasteiger partial charge in [-0.05, 0) is 30.3 Å². The molecule has 8 heteroatoms. The van der Waals surface area contributed by atoms with Gasteiger partial charge in [-0.25, -0.2) is 4.39 Å². The SMILES string of the molecule is COc1ccc(C(=O)N(C)Cc2cc(Br)ccc2F)cc1[N+](=O)[O-]. The van der Waals surface area contributed by atoms with Gasteiger partial charge in [-0.3, -0.25) is 14.9 Å². The zero-order valence-corrected chi connectivity index (χ0v) is 14.5. The lowest BCUT2D eigenvalue weighted by molar-refractivity contribution is -0.385. The van der Waals surface area contributed by atoms with E-state index >= 15 is 0 Å². The van der Waals surface area contributed by atoms with Crippen molar-refractivity contribution >= 4 is 27.5 Å². The van der Waals surface area contributed by atoms with E-state index in [1.807, 2.05) is 0 Å². The Kier molecular flexibility index (Phi) is 5.50. The minimum atomic E-state index is -0.621. The van der Waals surface area contributed by atoms with Crippen molar-refractivity contribution in [1.29, 1.82) is 0 Å². The number of ether oxygens (including phenoxy) is 1. The first-order valence-electron chi connectivity index (χ1n) is 6.85. The Morgan fingerprint density at radius 1 is 1.33 bits per heavy atom. The van der Waals surface area contributed by atoms with Crippen molar-refractivity contribution in [1.82, 2.24) is 4.90 Å². The van der Waals surface area contributed by atoms with Gasteiger partial charge in [0.05, 0.1) is 12.0 Å². The second-order valence-corrected chi connectivity index (χ2v) is 5.96. The number of carbonyl (C=O) groups excluding carboxylic acids is 1. The number of hydrogen-bond donors (Lipinski definition) is 0. The van der Waals surface area contributed by atoms with Crippen LogP contribution in [-0.4, -0.2) is 29.9 Å². The number of hydrogen-bond acceptors (Lipinski definition) is 4. The van der Waals surface area contributed by atoms with Gasteiger partial charge in [0.2, 0.25) is 0 Å². The molecule has 0 aliphatic heterocycles. The number of benzene rings is 2. The lowest BCUT2D eigenvalue weighted by Gasteiger charge is -2.18. The molecule has 0 heterocycles. The number of rotatable bonds is 5. The maximum atomic E-state index is 13.8. The van der Waals surface area contributed by atoms with Crippen molar-refractivity contribution in [3.63, 3.8) is 0 Å². The molecule has 0 aliphatic rings. The Balaban J connectivity index is 2.26. The lowest BCUT2D eigenvalue weighted by Crippen LogP contribution is -2.26. The van der Waals surface area contributed by atoms with Gasteiger partial charge in [-0.15, -0.1) is 0 Å². The van der Waals surface area contributed by atoms with Crippen LogP contribution in [0.1, 0.15) is 15.9 Å². The third-order valence-electron chi connectivity index (χ3n) is 3.38. The number of methoxy groups -OCH3 is 1. The van der Waals surface area contributed by atoms with Crippen molar-refractivity contribution in [3.8, 4) is 5.75 Å². The van der Waals surface area contributed by atoms with Crippen LogP contribution in [0.2, 0.25) is 0 Å². The summed E-state index contributed by atoms with van der Waals surface area (Å²) in [7, 11) is 2.81. The molecule has 24 heavy (non-hydrogen) atoms. The summed E-state index contributed by atoms with van der Waals surface area (Å²) >= 11 is 3.25. The van der Waals surface area contributed by atoms with Gasteiger partial charge >= 0.3 is 5.69 Å². The molecular weight excluding hydrogens is 383 g/mol. The summed E-state index contributed by atoms with van der Waals surface area (Å²) < 4.78 is 19.4. The third-order valence-corrected chi connectivity index (χ3v) is 3.88. The number of amides is 1. The summed E-state index contributed by atoms with van der Waals surface area (Å²) in [6.07, 6.45) is 0. The van der Waals surface area contributed by atoms with E-state index in [1.165, 1.54) is 37.3 Å². The molecule has 126 valence electrons. The fourth-order valence-corrected chi connectivity index (χ4v) is 2.59. The first kappa shape index (κ1) is 17.9. The van der Waals surface area contributed by atoms with Gasteiger partial charge < -0.3 is 9.64 Å². The fourth-order valence-electron chi connectivity index (χ4n) is 2.18. The molecule has 0 fully saturated rings. The van der Waals surface area contributed by atoms with Crippen molar-refractivity contribution in [3.05, 3.63) is 67.9 Å². The van der Waals surface area contributed by atoms with E-state index in [4.69, 9.17) is 4.74 Å². The highest BCUT2D eigenvalue weighted by molar-refractivity contribution is 9.10. The second kappa shape index (κ2) is 7.39. The molecule has 0 radical (unpaired) electrons. The number of carbonyl (C=O) groups is 1. The molecule has 2 aromatic carbocycles. The van der Waals surface area contributed by atoms with Crippen LogP contribution in [0.25, 0.3) is 0 Å². The normalized spacial score (nSPS) is 10.3. The number of nitrogens with zero attached hydrogens (tertiary/aromatic N) is 2. The van der Waals surface area contributed by atoms with E-state index in [-0.39, 0.29) is 23.5 Å². The average Bonchev–Trinajstić information content (AvgIpc) is 2.56. The van der Waals surface area contributed by atoms with Crippen LogP contribution in [0.5, 0.6) is 5.75 Å². The summed E-state index contributed by atoms with van der Waals surface area (Å²) in [6, 6.07) is 8.38. The Hall–Kier alpha value is -2.48. The molecule has 1 amide bonds. The summed E-state index contributed by atoms with van der Waals surface area (Å²) in [6.45, 7) is 0.0317. The predicted octanol–water partition coefficient (Wildman–Crippen LogP) is 3.78. The summed E-state index contributed by atoms with van der Waals surface area (Å²) in [5.41, 5.74) is 0.161. The predicted molar refractivity (Wildman–Crippen MR) is 89.5 cm³/mol. The summed E-state index contributed by atoms with van der Waals surface area (Å²) in [4.78, 5) is 24.2. The highest BCUT2D eigenvalue weighted by Gasteiger charge is 2.20. The zero-order valence-electron chi connectivity index (χ0n) is 13.0. The van der Waals surface area contributed by atoms with Crippen molar-refractivity contribution < 1.29 is 18.8 Å². The Labute approximate surface area is 146 Å². The maximum absolute atomic E-state index is 13.8. The summed E-state index contributed by atoms with van der Waals surface area (Å²) in [5, 5.41) is 11.0. The van der Waals surface area contributed by atoms with Gasteiger partial charge in [0.25, 0.3) is 5.91 Å². The van der Waals surface area contributed by atoms with Gasteiger partial charge in [0, 0.05) is 35.3 Å². The number of nitro benzene ring substituents is 1. The van der Waals surface area contributed by atoms with Gasteiger partial charge in [-0.1, -0.05) is 15.9 Å². The van der Waals surface area contributed by atoms with E-state index in [2.05, 4.69) is 15.9 Å². The molecule has 0 unspecified atom stereocenters. The average molecular weight is 397 g/mol. The first-order chi connectivity index (χ1) is 11.3. The van der Waals surface area contributed by atoms with Gasteiger partial charge in [0.1, 0.15) is 5.82 Å². The maximum Gasteiger partial charge on any atom is 0.311 e. The monoisotopic (exact) mass is 396 g/mol. The van der Waals surface area contributed by atoms with E-state index < -0.39 is 16.6 Å². The van der Waals surface area contributed by atoms with Crippen LogP contribution in [0.3, 0.4) is 0 Å². The molecule has 6 nitrogen and oxygen atoms in total. The van der Waals surface area contributed by atoms with Gasteiger partial charge in [-0.2, -0.15) is 0 Å². The van der Waals surface area contributed by atoms with Crippen LogP contribution < -0.4 is 4.74 Å². The molecule has 0 saturated carbocycles. The van der Waals surface area contributed by atoms with Gasteiger partial charge in [0.15, 0.2) is 5.75 Å². The van der Waals surface area contributed by atoms with Crippen LogP contribution in [-0.2, 0) is 6.54 Å². The van der Waals surface area contributed by atoms with E-state index in [9.17, 15) is 19.3 Å². The van der Waals surface area contributed by atoms with Crippen molar-refractivity contribution in [2.75, 3.05) is 14.2 Å². The number of halogens is 2. The molecular formula is C16H14BrFN2O4. The fraction of sp³-hybridized carbons (Fsp3) is 0.188. The van der Waals surface area contributed by atoms with Crippen molar-refractivity contribution in [2.24, 2.45) is 0 Å². The minimum absolute atomic E-state index is 0.0317. The smallest absolute Gasteiger partial charge is 0.311 e. The topological polar surface area (TPSA) is 72.7 Å². The summed E-state index contributed by atoms with van der Waals surface area (Å²) in [5.74, 6) is -0.823. The third kappa shape index (κ3) is 3.88. The largest absolute Gasteiger partial charge is 0.490 e. The molecule has 0 aliphatic carbocycles. The van der Waals surface area contributed by atoms with Crippen LogP contribution in [0.15, 0.2) is 40.9 Å². The van der Waals surface area contributed by atoms with E-state index in [0.717, 1.165) is 6.07 Å². The highest BCUT2D eigenvalue weighted by Crippen LogP contribution is 2.28. The quantitative estimate of drug-likeness (QED) is 0.569. The Morgan fingerprint density at radius 3 is 2.67 bits per heavy atom. The molecule has 0 saturated heterocycles. The Bertz CT molecular complexity index is 798. The zero-order chi connectivity index (χ0) is 17.9. The molecule has 0 bridgehead atoms. The Morgan fingerprint density at radius 2 is 2.04 bits per heavy atom. The lowest BCUT2D eigenvalue weighted by atomic mass is 10.1. The second-order valence-electron chi connectivity index (χ2n) is 5.04. The molecule has 0 aromatic heterocycles. The molecule has 0 N–H and O–H groups in total. The van der Waals surface area contributed by atoms with Crippen LogP contribution in [0.4, 0.5) is 10.1 Å². The van der Waals surface area contributed by atoms with Crippen LogP contribution in [0, 0.1) is 15.9 Å². The van der Waals surface area contributed by atoms with Crippen molar-refractivity contribution in [2.45, 2.75) is 6.54 Å². The molecule has 2 rings (SSSR count). The highest BCUT2D eigenvalue weighted by atomic mass is 79.9.